The molecular formula is C14H25N3O3. The van der Waals surface area contributed by atoms with Crippen molar-refractivity contribution in [2.75, 3.05) is 26.0 Å². The van der Waals surface area contributed by atoms with Crippen molar-refractivity contribution in [1.29, 1.82) is 0 Å². The van der Waals surface area contributed by atoms with Gasteiger partial charge in [0, 0.05) is 38.9 Å². The maximum Gasteiger partial charge on any atom is 0.268 e. The highest BCUT2D eigenvalue weighted by Gasteiger charge is 2.22. The van der Waals surface area contributed by atoms with Crippen LogP contribution in [-0.4, -0.2) is 41.4 Å². The summed E-state index contributed by atoms with van der Waals surface area (Å²) in [7, 11) is 1.58. The van der Waals surface area contributed by atoms with Crippen LogP contribution in [0.5, 0.6) is 0 Å². The normalized spacial score (nSPS) is 14.3. The van der Waals surface area contributed by atoms with Gasteiger partial charge in [-0.2, -0.15) is 0 Å². The number of ether oxygens (including phenoxy) is 1. The van der Waals surface area contributed by atoms with Crippen molar-refractivity contribution in [3.63, 3.8) is 0 Å². The van der Waals surface area contributed by atoms with Crippen LogP contribution in [-0.2, 0) is 4.74 Å². The summed E-state index contributed by atoms with van der Waals surface area (Å²) < 4.78 is 6.74. The summed E-state index contributed by atoms with van der Waals surface area (Å²) in [6, 6.07) is 1.78. The molecule has 0 saturated heterocycles. The number of amides is 1. The number of nitrogens with one attached hydrogen (secondary N) is 1. The minimum absolute atomic E-state index is 0.141. The van der Waals surface area contributed by atoms with E-state index in [4.69, 9.17) is 10.5 Å². The molecule has 0 aliphatic rings. The van der Waals surface area contributed by atoms with E-state index in [1.54, 1.807) is 26.3 Å². The minimum atomic E-state index is -0.994. The number of aliphatic hydroxyl groups is 1. The summed E-state index contributed by atoms with van der Waals surface area (Å²) in [5, 5.41) is 12.8. The maximum absolute atomic E-state index is 12.2. The Hall–Kier alpha value is -1.53. The van der Waals surface area contributed by atoms with Crippen molar-refractivity contribution in [1.82, 2.24) is 9.88 Å². The lowest BCUT2D eigenvalue weighted by molar-refractivity contribution is 0.0242. The first-order valence-corrected chi connectivity index (χ1v) is 6.73. The first-order chi connectivity index (χ1) is 9.26. The topological polar surface area (TPSA) is 89.5 Å². The molecule has 1 rings (SSSR count). The van der Waals surface area contributed by atoms with Crippen LogP contribution in [0.15, 0.2) is 12.3 Å². The van der Waals surface area contributed by atoms with E-state index < -0.39 is 5.60 Å². The van der Waals surface area contributed by atoms with E-state index in [0.717, 1.165) is 0 Å². The second kappa shape index (κ2) is 6.76. The van der Waals surface area contributed by atoms with Crippen LogP contribution < -0.4 is 11.1 Å². The largest absolute Gasteiger partial charge is 0.397 e. The summed E-state index contributed by atoms with van der Waals surface area (Å²) in [5.41, 5.74) is 5.79. The van der Waals surface area contributed by atoms with E-state index >= 15 is 0 Å². The number of anilines is 1. The standard InChI is InChI=1S/C14H25N3O3/c1-10(2)17-8-11(15)7-12(17)13(18)16-9-14(3,19)5-6-20-4/h7-8,10,19H,5-6,9,15H2,1-4H3,(H,16,18). The Morgan fingerprint density at radius 2 is 2.25 bits per heavy atom. The van der Waals surface area contributed by atoms with Gasteiger partial charge < -0.3 is 25.5 Å². The second-order valence-corrected chi connectivity index (χ2v) is 5.58. The predicted molar refractivity (Wildman–Crippen MR) is 78.7 cm³/mol. The molecule has 0 saturated carbocycles. The van der Waals surface area contributed by atoms with Crippen molar-refractivity contribution >= 4 is 11.6 Å². The van der Waals surface area contributed by atoms with E-state index in [9.17, 15) is 9.90 Å². The van der Waals surface area contributed by atoms with Crippen molar-refractivity contribution < 1.29 is 14.6 Å². The lowest BCUT2D eigenvalue weighted by Crippen LogP contribution is -2.41. The zero-order valence-electron chi connectivity index (χ0n) is 12.6. The van der Waals surface area contributed by atoms with Gasteiger partial charge in [-0.25, -0.2) is 0 Å². The fourth-order valence-corrected chi connectivity index (χ4v) is 1.88. The van der Waals surface area contributed by atoms with E-state index in [-0.39, 0.29) is 18.5 Å². The molecule has 1 aromatic heterocycles. The molecule has 0 aliphatic heterocycles. The molecule has 20 heavy (non-hydrogen) atoms. The number of methoxy groups -OCH3 is 1. The smallest absolute Gasteiger partial charge is 0.268 e. The highest BCUT2D eigenvalue weighted by atomic mass is 16.5. The van der Waals surface area contributed by atoms with Gasteiger partial charge in [0.25, 0.3) is 5.91 Å². The van der Waals surface area contributed by atoms with Gasteiger partial charge in [-0.05, 0) is 26.8 Å². The third-order valence-electron chi connectivity index (χ3n) is 3.13. The SMILES string of the molecule is COCCC(C)(O)CNC(=O)c1cc(N)cn1C(C)C. The fourth-order valence-electron chi connectivity index (χ4n) is 1.88. The van der Waals surface area contributed by atoms with E-state index in [1.807, 2.05) is 18.4 Å². The molecule has 0 radical (unpaired) electrons. The monoisotopic (exact) mass is 283 g/mol. The molecular weight excluding hydrogens is 258 g/mol. The summed E-state index contributed by atoms with van der Waals surface area (Å²) in [6.45, 7) is 6.23. The maximum atomic E-state index is 12.2. The van der Waals surface area contributed by atoms with Gasteiger partial charge in [-0.3, -0.25) is 4.79 Å². The van der Waals surface area contributed by atoms with Gasteiger partial charge in [0.1, 0.15) is 5.69 Å². The highest BCUT2D eigenvalue weighted by Crippen LogP contribution is 2.16. The zero-order chi connectivity index (χ0) is 15.3. The molecule has 1 heterocycles. The summed E-state index contributed by atoms with van der Waals surface area (Å²) in [4.78, 5) is 12.2. The Bertz CT molecular complexity index is 453. The Labute approximate surface area is 119 Å². The molecule has 6 nitrogen and oxygen atoms in total. The second-order valence-electron chi connectivity index (χ2n) is 5.58. The molecule has 114 valence electrons. The fraction of sp³-hybridized carbons (Fsp3) is 0.643. The Balaban J connectivity index is 2.68. The summed E-state index contributed by atoms with van der Waals surface area (Å²) >= 11 is 0. The summed E-state index contributed by atoms with van der Waals surface area (Å²) in [6.07, 6.45) is 2.19. The van der Waals surface area contributed by atoms with Crippen LogP contribution in [0.4, 0.5) is 5.69 Å². The lowest BCUT2D eigenvalue weighted by atomic mass is 10.0. The molecule has 0 bridgehead atoms. The van der Waals surface area contributed by atoms with Crippen molar-refractivity contribution in [3.8, 4) is 0 Å². The zero-order valence-corrected chi connectivity index (χ0v) is 12.6. The molecule has 0 fully saturated rings. The molecule has 1 unspecified atom stereocenters. The van der Waals surface area contributed by atoms with Crippen molar-refractivity contribution in [3.05, 3.63) is 18.0 Å². The third kappa shape index (κ3) is 4.54. The number of carbonyl (C=O) groups is 1. The number of carbonyl (C=O) groups excluding carboxylic acids is 1. The van der Waals surface area contributed by atoms with Gasteiger partial charge in [-0.15, -0.1) is 0 Å². The number of nitrogens with two attached hydrogens (primary N) is 1. The Morgan fingerprint density at radius 1 is 1.60 bits per heavy atom. The first kappa shape index (κ1) is 16.5. The van der Waals surface area contributed by atoms with Crippen LogP contribution in [0.3, 0.4) is 0 Å². The number of hydrogen-bond acceptors (Lipinski definition) is 4. The van der Waals surface area contributed by atoms with Gasteiger partial charge >= 0.3 is 0 Å². The van der Waals surface area contributed by atoms with E-state index in [2.05, 4.69) is 5.32 Å². The summed E-state index contributed by atoms with van der Waals surface area (Å²) in [5.74, 6) is -0.243. The third-order valence-corrected chi connectivity index (χ3v) is 3.13. The highest BCUT2D eigenvalue weighted by molar-refractivity contribution is 5.93. The van der Waals surface area contributed by atoms with Crippen molar-refractivity contribution in [2.45, 2.75) is 38.8 Å². The Kier molecular flexibility index (Phi) is 5.59. The first-order valence-electron chi connectivity index (χ1n) is 6.73. The number of nitrogens with zero attached hydrogens (tertiary/aromatic N) is 1. The average Bonchev–Trinajstić information content (AvgIpc) is 2.76. The number of aromatic nitrogens is 1. The molecule has 0 aromatic carbocycles. The number of rotatable bonds is 7. The number of hydrogen-bond donors (Lipinski definition) is 3. The molecule has 1 aromatic rings. The predicted octanol–water partition coefficient (Wildman–Crippen LogP) is 1.17. The van der Waals surface area contributed by atoms with E-state index in [1.165, 1.54) is 0 Å². The van der Waals surface area contributed by atoms with Crippen LogP contribution in [0.1, 0.15) is 43.7 Å². The minimum Gasteiger partial charge on any atom is -0.397 e. The van der Waals surface area contributed by atoms with Crippen LogP contribution >= 0.6 is 0 Å². The molecule has 4 N–H and O–H groups in total. The molecule has 1 amide bonds. The molecule has 0 aliphatic carbocycles. The van der Waals surface area contributed by atoms with Gasteiger partial charge in [-0.1, -0.05) is 0 Å². The van der Waals surface area contributed by atoms with Gasteiger partial charge in [0.05, 0.1) is 11.3 Å². The van der Waals surface area contributed by atoms with E-state index in [0.29, 0.717) is 24.4 Å². The van der Waals surface area contributed by atoms with Crippen LogP contribution in [0.2, 0.25) is 0 Å². The quantitative estimate of drug-likeness (QED) is 0.700. The van der Waals surface area contributed by atoms with Gasteiger partial charge in [0.2, 0.25) is 0 Å². The molecule has 1 atom stereocenters. The number of nitrogen functional groups attached to an aromatic ring is 1. The average molecular weight is 283 g/mol. The lowest BCUT2D eigenvalue weighted by Gasteiger charge is -2.23. The van der Waals surface area contributed by atoms with Crippen LogP contribution in [0, 0.1) is 0 Å². The Morgan fingerprint density at radius 3 is 2.80 bits per heavy atom. The molecule has 6 heteroatoms. The molecule has 0 spiro atoms. The van der Waals surface area contributed by atoms with Crippen LogP contribution in [0.25, 0.3) is 0 Å². The van der Waals surface area contributed by atoms with Gasteiger partial charge in [0.15, 0.2) is 0 Å². The van der Waals surface area contributed by atoms with Crippen molar-refractivity contribution in [2.24, 2.45) is 0 Å².